The SMILES string of the molecule is CCOC(=O)CCC(=O)N(CC(=O)N(CCc1c[nH]c2ccccc12)Cc1ccccc1)CC(C)C. The normalized spacial score (nSPS) is 11.0. The molecule has 0 unspecified atom stereocenters. The van der Waals surface area contributed by atoms with E-state index in [1.807, 2.05) is 73.5 Å². The molecule has 0 radical (unpaired) electrons. The maximum absolute atomic E-state index is 13.5. The summed E-state index contributed by atoms with van der Waals surface area (Å²) in [5, 5.41) is 1.15. The number of hydrogen-bond acceptors (Lipinski definition) is 4. The minimum absolute atomic E-state index is 0.0133. The Labute approximate surface area is 213 Å². The van der Waals surface area contributed by atoms with Crippen molar-refractivity contribution in [1.29, 1.82) is 0 Å². The number of carbonyl (C=O) groups is 3. The molecule has 0 saturated carbocycles. The number of benzene rings is 2. The Morgan fingerprint density at radius 1 is 0.917 bits per heavy atom. The second-order valence-electron chi connectivity index (χ2n) is 9.38. The van der Waals surface area contributed by atoms with Crippen molar-refractivity contribution in [2.45, 2.75) is 46.6 Å². The number of nitrogens with zero attached hydrogens (tertiary/aromatic N) is 2. The van der Waals surface area contributed by atoms with Gasteiger partial charge in [-0.2, -0.15) is 0 Å². The van der Waals surface area contributed by atoms with Crippen molar-refractivity contribution in [2.75, 3.05) is 26.2 Å². The molecule has 0 atom stereocenters. The predicted octanol–water partition coefficient (Wildman–Crippen LogP) is 4.57. The maximum atomic E-state index is 13.5. The van der Waals surface area contributed by atoms with Crippen LogP contribution >= 0.6 is 0 Å². The second kappa shape index (κ2) is 13.5. The Morgan fingerprint density at radius 2 is 1.64 bits per heavy atom. The van der Waals surface area contributed by atoms with Gasteiger partial charge in [0.1, 0.15) is 0 Å². The van der Waals surface area contributed by atoms with E-state index in [0.29, 0.717) is 26.1 Å². The van der Waals surface area contributed by atoms with Gasteiger partial charge in [-0.1, -0.05) is 62.4 Å². The van der Waals surface area contributed by atoms with Crippen LogP contribution in [0.2, 0.25) is 0 Å². The van der Waals surface area contributed by atoms with Gasteiger partial charge in [-0.15, -0.1) is 0 Å². The molecule has 0 aliphatic heterocycles. The summed E-state index contributed by atoms with van der Waals surface area (Å²) in [5.41, 5.74) is 3.26. The van der Waals surface area contributed by atoms with Gasteiger partial charge in [0, 0.05) is 43.2 Å². The van der Waals surface area contributed by atoms with Crippen LogP contribution in [0.1, 0.15) is 44.7 Å². The number of carbonyl (C=O) groups excluding carboxylic acids is 3. The van der Waals surface area contributed by atoms with Crippen molar-refractivity contribution < 1.29 is 19.1 Å². The van der Waals surface area contributed by atoms with E-state index in [9.17, 15) is 14.4 Å². The van der Waals surface area contributed by atoms with Gasteiger partial charge in [0.15, 0.2) is 0 Å². The summed E-state index contributed by atoms with van der Waals surface area (Å²) in [7, 11) is 0. The number of ether oxygens (including phenoxy) is 1. The van der Waals surface area contributed by atoms with Crippen molar-refractivity contribution >= 4 is 28.7 Å². The van der Waals surface area contributed by atoms with E-state index in [1.54, 1.807) is 11.8 Å². The Balaban J connectivity index is 1.72. The minimum Gasteiger partial charge on any atom is -0.466 e. The number of esters is 1. The number of hydrogen-bond donors (Lipinski definition) is 1. The van der Waals surface area contributed by atoms with E-state index < -0.39 is 5.97 Å². The molecule has 0 fully saturated rings. The first-order valence-corrected chi connectivity index (χ1v) is 12.7. The van der Waals surface area contributed by atoms with Crippen molar-refractivity contribution in [3.8, 4) is 0 Å². The molecule has 0 bridgehead atoms. The van der Waals surface area contributed by atoms with E-state index >= 15 is 0 Å². The van der Waals surface area contributed by atoms with Crippen molar-refractivity contribution in [3.63, 3.8) is 0 Å². The summed E-state index contributed by atoms with van der Waals surface area (Å²) in [6.45, 7) is 7.48. The molecular weight excluding hydrogens is 454 g/mol. The van der Waals surface area contributed by atoms with E-state index in [2.05, 4.69) is 11.1 Å². The summed E-state index contributed by atoms with van der Waals surface area (Å²) in [4.78, 5) is 44.9. The fourth-order valence-electron chi connectivity index (χ4n) is 4.25. The highest BCUT2D eigenvalue weighted by Gasteiger charge is 2.23. The Kier molecular flexibility index (Phi) is 10.1. The van der Waals surface area contributed by atoms with Crippen LogP contribution in [-0.4, -0.2) is 58.8 Å². The first-order chi connectivity index (χ1) is 17.4. The highest BCUT2D eigenvalue weighted by Crippen LogP contribution is 2.19. The Morgan fingerprint density at radius 3 is 2.36 bits per heavy atom. The molecule has 192 valence electrons. The molecule has 2 aromatic carbocycles. The standard InChI is InChI=1S/C29H37N3O4/c1-4-36-29(35)15-14-27(33)32(19-22(2)3)21-28(34)31(20-23-10-6-5-7-11-23)17-16-24-18-30-26-13-9-8-12-25(24)26/h5-13,18,22,30H,4,14-17,19-21H2,1-3H3. The fourth-order valence-corrected chi connectivity index (χ4v) is 4.25. The largest absolute Gasteiger partial charge is 0.466 e. The van der Waals surface area contributed by atoms with Gasteiger partial charge < -0.3 is 19.5 Å². The van der Waals surface area contributed by atoms with E-state index in [4.69, 9.17) is 4.74 Å². The van der Waals surface area contributed by atoms with Crippen LogP contribution in [0.15, 0.2) is 60.8 Å². The van der Waals surface area contributed by atoms with E-state index in [1.165, 1.54) is 0 Å². The van der Waals surface area contributed by atoms with Crippen molar-refractivity contribution in [2.24, 2.45) is 5.92 Å². The molecule has 36 heavy (non-hydrogen) atoms. The molecule has 7 heteroatoms. The third kappa shape index (κ3) is 7.97. The molecule has 1 aromatic heterocycles. The predicted molar refractivity (Wildman–Crippen MR) is 141 cm³/mol. The van der Waals surface area contributed by atoms with Crippen LogP contribution in [0.25, 0.3) is 10.9 Å². The molecule has 7 nitrogen and oxygen atoms in total. The topological polar surface area (TPSA) is 82.7 Å². The van der Waals surface area contributed by atoms with Gasteiger partial charge in [0.05, 0.1) is 19.6 Å². The number of fused-ring (bicyclic) bond motifs is 1. The third-order valence-corrected chi connectivity index (χ3v) is 6.01. The molecule has 2 amide bonds. The highest BCUT2D eigenvalue weighted by atomic mass is 16.5. The number of H-pyrrole nitrogens is 1. The molecule has 1 heterocycles. The number of aromatic nitrogens is 1. The first-order valence-electron chi connectivity index (χ1n) is 12.7. The quantitative estimate of drug-likeness (QED) is 0.355. The molecule has 3 aromatic rings. The van der Waals surface area contributed by atoms with Gasteiger partial charge in [-0.05, 0) is 36.5 Å². The molecule has 0 aliphatic carbocycles. The zero-order valence-corrected chi connectivity index (χ0v) is 21.5. The number of nitrogens with one attached hydrogen (secondary N) is 1. The summed E-state index contributed by atoms with van der Waals surface area (Å²) < 4.78 is 4.95. The van der Waals surface area contributed by atoms with Crippen LogP contribution in [0.4, 0.5) is 0 Å². The number of aromatic amines is 1. The zero-order valence-electron chi connectivity index (χ0n) is 21.5. The molecule has 1 N–H and O–H groups in total. The Bertz CT molecular complexity index is 1140. The number of amides is 2. The van der Waals surface area contributed by atoms with Crippen LogP contribution in [0.5, 0.6) is 0 Å². The van der Waals surface area contributed by atoms with Crippen LogP contribution in [0.3, 0.4) is 0 Å². The van der Waals surface area contributed by atoms with Crippen LogP contribution in [0, 0.1) is 5.92 Å². The van der Waals surface area contributed by atoms with Gasteiger partial charge in [-0.25, -0.2) is 0 Å². The fraction of sp³-hybridized carbons (Fsp3) is 0.414. The lowest BCUT2D eigenvalue weighted by Gasteiger charge is -2.29. The molecular formula is C29H37N3O4. The Hall–Kier alpha value is -3.61. The van der Waals surface area contributed by atoms with E-state index in [0.717, 1.165) is 22.0 Å². The maximum Gasteiger partial charge on any atom is 0.306 e. The number of rotatable bonds is 13. The third-order valence-electron chi connectivity index (χ3n) is 6.01. The lowest BCUT2D eigenvalue weighted by Crippen LogP contribution is -2.44. The summed E-state index contributed by atoms with van der Waals surface area (Å²) >= 11 is 0. The van der Waals surface area contributed by atoms with Crippen LogP contribution in [-0.2, 0) is 32.1 Å². The lowest BCUT2D eigenvalue weighted by molar-refractivity contribution is -0.146. The monoisotopic (exact) mass is 491 g/mol. The minimum atomic E-state index is -0.397. The summed E-state index contributed by atoms with van der Waals surface area (Å²) in [6.07, 6.45) is 2.75. The van der Waals surface area contributed by atoms with Crippen molar-refractivity contribution in [1.82, 2.24) is 14.8 Å². The number of para-hydroxylation sites is 1. The molecule has 0 aliphatic rings. The van der Waals surface area contributed by atoms with Crippen LogP contribution < -0.4 is 0 Å². The molecule has 0 spiro atoms. The average molecular weight is 492 g/mol. The summed E-state index contributed by atoms with van der Waals surface area (Å²) in [5.74, 6) is -0.519. The van der Waals surface area contributed by atoms with Gasteiger partial charge in [0.25, 0.3) is 0 Å². The molecule has 3 rings (SSSR count). The second-order valence-corrected chi connectivity index (χ2v) is 9.38. The first kappa shape index (κ1) is 27.0. The highest BCUT2D eigenvalue weighted by molar-refractivity contribution is 5.87. The van der Waals surface area contributed by atoms with E-state index in [-0.39, 0.29) is 43.7 Å². The van der Waals surface area contributed by atoms with Gasteiger partial charge >= 0.3 is 5.97 Å². The lowest BCUT2D eigenvalue weighted by atomic mass is 10.1. The molecule has 0 saturated heterocycles. The zero-order chi connectivity index (χ0) is 25.9. The smallest absolute Gasteiger partial charge is 0.306 e. The summed E-state index contributed by atoms with van der Waals surface area (Å²) in [6, 6.07) is 18.0. The van der Waals surface area contributed by atoms with Gasteiger partial charge in [0.2, 0.25) is 11.8 Å². The van der Waals surface area contributed by atoms with Crippen molar-refractivity contribution in [3.05, 3.63) is 71.9 Å². The average Bonchev–Trinajstić information content (AvgIpc) is 3.28. The van der Waals surface area contributed by atoms with Gasteiger partial charge in [-0.3, -0.25) is 14.4 Å².